The number of halogens is 3. The van der Waals surface area contributed by atoms with E-state index in [2.05, 4.69) is 125 Å². The van der Waals surface area contributed by atoms with E-state index in [4.69, 9.17) is 13.0 Å². The molecule has 0 fully saturated rings. The van der Waals surface area contributed by atoms with Crippen molar-refractivity contribution in [1.29, 1.82) is 0 Å². The predicted molar refractivity (Wildman–Crippen MR) is 142 cm³/mol. The van der Waals surface area contributed by atoms with Crippen molar-refractivity contribution in [3.8, 4) is 33.6 Å². The zero-order chi connectivity index (χ0) is 27.9. The van der Waals surface area contributed by atoms with Crippen LogP contribution in [-0.4, -0.2) is 23.5 Å². The average Bonchev–Trinajstić information content (AvgIpc) is 2.94. The van der Waals surface area contributed by atoms with Gasteiger partial charge in [0.15, 0.2) is 16.7 Å². The molecule has 2 heterocycles. The van der Waals surface area contributed by atoms with E-state index in [1.807, 2.05) is 12.4 Å². The number of benzene rings is 3. The summed E-state index contributed by atoms with van der Waals surface area (Å²) >= 11 is 0. The molecule has 0 radical (unpaired) electrons. The highest BCUT2D eigenvalue weighted by atomic mass is 32.2. The number of alkyl halides is 3. The van der Waals surface area contributed by atoms with E-state index >= 15 is 0 Å². The van der Waals surface area contributed by atoms with Crippen molar-refractivity contribution in [3.63, 3.8) is 0 Å². The second kappa shape index (κ2) is 12.0. The maximum Gasteiger partial charge on any atom is 0.485 e. The van der Waals surface area contributed by atoms with Gasteiger partial charge in [0.1, 0.15) is 0 Å². The van der Waals surface area contributed by atoms with E-state index in [9.17, 15) is 13.2 Å². The smallest absolute Gasteiger partial charge is 0.485 e. The lowest BCUT2D eigenvalue weighted by atomic mass is 9.98. The number of hydrogen-bond donors (Lipinski definition) is 0. The van der Waals surface area contributed by atoms with Crippen molar-refractivity contribution >= 4 is 10.1 Å². The summed E-state index contributed by atoms with van der Waals surface area (Å²) in [6.45, 7) is 0.770. The first kappa shape index (κ1) is 27.7. The van der Waals surface area contributed by atoms with Crippen LogP contribution in [0.2, 0.25) is 0 Å². The van der Waals surface area contributed by atoms with E-state index in [1.165, 1.54) is 39.2 Å². The molecule has 0 saturated carbocycles. The van der Waals surface area contributed by atoms with Gasteiger partial charge in [-0.2, -0.15) is 17.7 Å². The standard InChI is InChI=1S/C29H23N2.CHF3O3S/c1-4-10-24(11-5-1)27-20-28(25-12-6-2-7-13-25)31(22-23-16-18-30-19-17-23)29(21-27)26-14-8-3-9-15-26;2-1(3,4)8(5,6)7/h1-21H,22H2;(H,5,6,7)/q+1;/p-1. The normalized spacial score (nSPS) is 11.4. The van der Waals surface area contributed by atoms with Crippen LogP contribution < -0.4 is 4.57 Å². The Morgan fingerprint density at radius 1 is 0.641 bits per heavy atom. The van der Waals surface area contributed by atoms with Crippen LogP contribution in [0, 0.1) is 0 Å². The topological polar surface area (TPSA) is 74.0 Å². The van der Waals surface area contributed by atoms with Crippen LogP contribution in [0.5, 0.6) is 0 Å². The third-order valence-corrected chi connectivity index (χ3v) is 6.35. The monoisotopic (exact) mass is 548 g/mol. The molecule has 5 aromatic rings. The summed E-state index contributed by atoms with van der Waals surface area (Å²) in [5.74, 6) is 0. The van der Waals surface area contributed by atoms with E-state index in [-0.39, 0.29) is 0 Å². The van der Waals surface area contributed by atoms with Gasteiger partial charge < -0.3 is 4.55 Å². The quantitative estimate of drug-likeness (QED) is 0.143. The van der Waals surface area contributed by atoms with Crippen molar-refractivity contribution in [2.24, 2.45) is 0 Å². The third kappa shape index (κ3) is 7.16. The van der Waals surface area contributed by atoms with Crippen LogP contribution in [0.4, 0.5) is 13.2 Å². The first-order valence-corrected chi connectivity index (χ1v) is 13.2. The Morgan fingerprint density at radius 2 is 1.03 bits per heavy atom. The summed E-state index contributed by atoms with van der Waals surface area (Å²) in [5, 5.41) is 0. The van der Waals surface area contributed by atoms with Crippen LogP contribution >= 0.6 is 0 Å². The van der Waals surface area contributed by atoms with Crippen molar-refractivity contribution in [3.05, 3.63) is 133 Å². The fourth-order valence-corrected chi connectivity index (χ4v) is 3.96. The lowest BCUT2D eigenvalue weighted by Gasteiger charge is -2.13. The summed E-state index contributed by atoms with van der Waals surface area (Å²) in [6, 6.07) is 40.6. The molecular formula is C30H23F3N2O3S. The largest absolute Gasteiger partial charge is 0.741 e. The van der Waals surface area contributed by atoms with Gasteiger partial charge in [0.25, 0.3) is 0 Å². The van der Waals surface area contributed by atoms with Crippen LogP contribution in [0.1, 0.15) is 5.56 Å². The molecule has 0 amide bonds. The van der Waals surface area contributed by atoms with Gasteiger partial charge in [0.05, 0.1) is 0 Å². The van der Waals surface area contributed by atoms with Crippen molar-refractivity contribution in [1.82, 2.24) is 4.98 Å². The summed E-state index contributed by atoms with van der Waals surface area (Å²) in [4.78, 5) is 4.19. The lowest BCUT2D eigenvalue weighted by molar-refractivity contribution is -0.666. The molecule has 0 bridgehead atoms. The molecule has 198 valence electrons. The van der Waals surface area contributed by atoms with E-state index in [0.29, 0.717) is 0 Å². The van der Waals surface area contributed by atoms with Gasteiger partial charge in [0, 0.05) is 41.2 Å². The van der Waals surface area contributed by atoms with Crippen molar-refractivity contribution < 1.29 is 30.7 Å². The molecule has 0 N–H and O–H groups in total. The number of aromatic nitrogens is 2. The zero-order valence-electron chi connectivity index (χ0n) is 20.5. The molecule has 0 unspecified atom stereocenters. The Hall–Kier alpha value is -4.34. The van der Waals surface area contributed by atoms with Gasteiger partial charge in [-0.15, -0.1) is 0 Å². The molecular weight excluding hydrogens is 525 g/mol. The lowest BCUT2D eigenvalue weighted by Crippen LogP contribution is -2.39. The zero-order valence-corrected chi connectivity index (χ0v) is 21.3. The van der Waals surface area contributed by atoms with Gasteiger partial charge in [-0.3, -0.25) is 4.98 Å². The minimum absolute atomic E-state index is 0.770. The van der Waals surface area contributed by atoms with E-state index < -0.39 is 15.6 Å². The molecule has 0 aliphatic rings. The highest BCUT2D eigenvalue weighted by molar-refractivity contribution is 7.86. The molecule has 5 rings (SSSR count). The Kier molecular flexibility index (Phi) is 8.53. The second-order valence-corrected chi connectivity index (χ2v) is 9.83. The molecule has 0 aliphatic heterocycles. The maximum absolute atomic E-state index is 10.7. The number of hydrogen-bond acceptors (Lipinski definition) is 4. The predicted octanol–water partition coefficient (Wildman–Crippen LogP) is 6.47. The molecule has 0 atom stereocenters. The van der Waals surface area contributed by atoms with Crippen LogP contribution in [0.15, 0.2) is 128 Å². The van der Waals surface area contributed by atoms with Gasteiger partial charge in [-0.25, -0.2) is 8.42 Å². The molecule has 0 spiro atoms. The molecule has 0 saturated heterocycles. The highest BCUT2D eigenvalue weighted by Gasteiger charge is 2.37. The van der Waals surface area contributed by atoms with Gasteiger partial charge in [-0.1, -0.05) is 66.7 Å². The SMILES string of the molecule is O=S(=O)([O-])C(F)(F)F.c1ccc(-c2cc(-c3ccccc3)[n+](Cc3ccncc3)c(-c3ccccc3)c2)cc1. The number of pyridine rings is 2. The Bertz CT molecular complexity index is 1550. The average molecular weight is 549 g/mol. The molecule has 0 aliphatic carbocycles. The van der Waals surface area contributed by atoms with Crippen LogP contribution in [0.3, 0.4) is 0 Å². The van der Waals surface area contributed by atoms with E-state index in [1.54, 1.807) is 0 Å². The number of rotatable bonds is 5. The second-order valence-electron chi connectivity index (χ2n) is 8.45. The number of nitrogens with zero attached hydrogens (tertiary/aromatic N) is 2. The highest BCUT2D eigenvalue weighted by Crippen LogP contribution is 2.29. The Labute approximate surface area is 224 Å². The minimum atomic E-state index is -6.09. The minimum Gasteiger partial charge on any atom is -0.741 e. The first-order valence-electron chi connectivity index (χ1n) is 11.8. The van der Waals surface area contributed by atoms with Crippen molar-refractivity contribution in [2.75, 3.05) is 0 Å². The summed E-state index contributed by atoms with van der Waals surface area (Å²) < 4.78 is 61.3. The molecule has 39 heavy (non-hydrogen) atoms. The summed E-state index contributed by atoms with van der Waals surface area (Å²) in [5.41, 5.74) is 2.79. The van der Waals surface area contributed by atoms with Crippen LogP contribution in [0.25, 0.3) is 33.6 Å². The maximum atomic E-state index is 10.7. The van der Waals surface area contributed by atoms with Crippen LogP contribution in [-0.2, 0) is 16.7 Å². The fraction of sp³-hybridized carbons (Fsp3) is 0.0667. The first-order chi connectivity index (χ1) is 18.6. The Balaban J connectivity index is 0.000000386. The molecule has 5 nitrogen and oxygen atoms in total. The molecule has 3 aromatic carbocycles. The van der Waals surface area contributed by atoms with Crippen molar-refractivity contribution in [2.45, 2.75) is 12.1 Å². The van der Waals surface area contributed by atoms with Gasteiger partial charge >= 0.3 is 5.51 Å². The molecule has 9 heteroatoms. The Morgan fingerprint density at radius 3 is 1.41 bits per heavy atom. The summed E-state index contributed by atoms with van der Waals surface area (Å²) in [7, 11) is -6.09. The third-order valence-electron chi connectivity index (χ3n) is 5.79. The molecule has 2 aromatic heterocycles. The summed E-state index contributed by atoms with van der Waals surface area (Å²) in [6.07, 6.45) is 3.72. The van der Waals surface area contributed by atoms with E-state index in [0.717, 1.165) is 6.54 Å². The van der Waals surface area contributed by atoms with Gasteiger partial charge in [-0.05, 0) is 47.5 Å². The fourth-order valence-electron chi connectivity index (χ4n) is 3.96. The van der Waals surface area contributed by atoms with Gasteiger partial charge in [0.2, 0.25) is 11.4 Å².